The van der Waals surface area contributed by atoms with Crippen molar-refractivity contribution in [2.45, 2.75) is 48.8 Å². The molecule has 0 saturated heterocycles. The van der Waals surface area contributed by atoms with Gasteiger partial charge in [-0.15, -0.1) is 0 Å². The van der Waals surface area contributed by atoms with Crippen LogP contribution in [0, 0.1) is 0 Å². The zero-order chi connectivity index (χ0) is 26.8. The summed E-state index contributed by atoms with van der Waals surface area (Å²) in [6, 6.07) is 0. The van der Waals surface area contributed by atoms with Gasteiger partial charge in [-0.05, 0) is 0 Å². The summed E-state index contributed by atoms with van der Waals surface area (Å²) in [5.41, 5.74) is 0. The molecule has 0 aliphatic rings. The number of hydrogen-bond acceptors (Lipinski definition) is 15. The van der Waals surface area contributed by atoms with E-state index in [0.717, 1.165) is 0 Å². The van der Waals surface area contributed by atoms with E-state index in [1.54, 1.807) is 0 Å². The maximum atomic E-state index is 10.3. The maximum absolute atomic E-state index is 10.3. The summed E-state index contributed by atoms with van der Waals surface area (Å²) >= 11 is 0. The zero-order valence-electron chi connectivity index (χ0n) is 19.7. The fourth-order valence-electron chi connectivity index (χ4n) is 2.93. The molecule has 0 rings (SSSR count). The fourth-order valence-corrected chi connectivity index (χ4v) is 2.93. The summed E-state index contributed by atoms with van der Waals surface area (Å²) in [6.45, 7) is -1.19. The third kappa shape index (κ3) is 14.7. The van der Waals surface area contributed by atoms with Crippen molar-refractivity contribution < 1.29 is 70.4 Å². The fraction of sp³-hybridized carbons (Fsp3) is 1.00. The first-order valence-corrected chi connectivity index (χ1v) is 11.3. The van der Waals surface area contributed by atoms with Gasteiger partial charge < -0.3 is 70.4 Å². The van der Waals surface area contributed by atoms with Crippen LogP contribution >= 0.6 is 0 Å². The van der Waals surface area contributed by atoms with Crippen molar-refractivity contribution in [2.75, 3.05) is 79.1 Å². The van der Waals surface area contributed by atoms with Crippen LogP contribution in [0.25, 0.3) is 0 Å². The first kappa shape index (κ1) is 34.4. The van der Waals surface area contributed by atoms with Gasteiger partial charge in [0.05, 0.1) is 71.7 Å². The maximum Gasteiger partial charge on any atom is 0.111 e. The van der Waals surface area contributed by atoms with Gasteiger partial charge in [-0.1, -0.05) is 0 Å². The predicted molar refractivity (Wildman–Crippen MR) is 118 cm³/mol. The number of ether oxygens (including phenoxy) is 3. The van der Waals surface area contributed by atoms with Crippen LogP contribution in [-0.2, 0) is 14.2 Å². The van der Waals surface area contributed by atoms with E-state index in [0.29, 0.717) is 13.2 Å². The zero-order valence-corrected chi connectivity index (χ0v) is 19.7. The van der Waals surface area contributed by atoms with Gasteiger partial charge in [0, 0.05) is 19.6 Å². The first-order valence-electron chi connectivity index (χ1n) is 11.3. The molecule has 35 heavy (non-hydrogen) atoms. The molecule has 0 amide bonds. The lowest BCUT2D eigenvalue weighted by Crippen LogP contribution is -2.53. The Morgan fingerprint density at radius 2 is 0.800 bits per heavy atom. The van der Waals surface area contributed by atoms with Crippen molar-refractivity contribution in [3.05, 3.63) is 0 Å². The van der Waals surface area contributed by atoms with Crippen LogP contribution in [0.5, 0.6) is 0 Å². The lowest BCUT2D eigenvalue weighted by atomic mass is 10.0. The van der Waals surface area contributed by atoms with Gasteiger partial charge in [0.25, 0.3) is 0 Å². The van der Waals surface area contributed by atoms with Gasteiger partial charge in [-0.25, -0.2) is 0 Å². The Morgan fingerprint density at radius 3 is 1.17 bits per heavy atom. The van der Waals surface area contributed by atoms with E-state index in [1.165, 1.54) is 4.90 Å². The Morgan fingerprint density at radius 1 is 0.457 bits per heavy atom. The lowest BCUT2D eigenvalue weighted by molar-refractivity contribution is -0.131. The average molecular weight is 522 g/mol. The SMILES string of the molecule is OCCOCCOCCOCCN(C[C@H](O)[C@@H](O)[C@H](O)[C@H](O)CO)C[C@H](O)[C@@H](O)[C@H](O)[C@H](O)CO. The van der Waals surface area contributed by atoms with Crippen molar-refractivity contribution in [1.29, 1.82) is 0 Å². The van der Waals surface area contributed by atoms with Crippen molar-refractivity contribution in [1.82, 2.24) is 4.90 Å². The molecule has 15 heteroatoms. The van der Waals surface area contributed by atoms with Gasteiger partial charge >= 0.3 is 0 Å². The molecule has 8 atom stereocenters. The van der Waals surface area contributed by atoms with Crippen LogP contribution in [0.1, 0.15) is 0 Å². The molecule has 0 fully saturated rings. The summed E-state index contributed by atoms with van der Waals surface area (Å²) in [5, 5.41) is 105. The second-order valence-electron chi connectivity index (χ2n) is 7.92. The minimum absolute atomic E-state index is 0.0461. The molecular formula is C20H43NO14. The van der Waals surface area contributed by atoms with E-state index in [2.05, 4.69) is 0 Å². The van der Waals surface area contributed by atoms with Crippen LogP contribution in [-0.4, -0.2) is 189 Å². The molecule has 0 aromatic carbocycles. The molecule has 0 aromatic heterocycles. The molecule has 0 radical (unpaired) electrons. The monoisotopic (exact) mass is 521 g/mol. The third-order valence-electron chi connectivity index (χ3n) is 5.07. The minimum Gasteiger partial charge on any atom is -0.394 e. The van der Waals surface area contributed by atoms with Crippen LogP contribution in [0.4, 0.5) is 0 Å². The van der Waals surface area contributed by atoms with Crippen molar-refractivity contribution in [2.24, 2.45) is 0 Å². The molecule has 0 unspecified atom stereocenters. The van der Waals surface area contributed by atoms with Gasteiger partial charge in [0.1, 0.15) is 36.6 Å². The molecule has 15 nitrogen and oxygen atoms in total. The summed E-state index contributed by atoms with van der Waals surface area (Å²) in [4.78, 5) is 1.33. The van der Waals surface area contributed by atoms with Crippen molar-refractivity contribution >= 4 is 0 Å². The van der Waals surface area contributed by atoms with Crippen molar-refractivity contribution in [3.63, 3.8) is 0 Å². The molecule has 212 valence electrons. The number of rotatable bonds is 23. The number of hydrogen-bond donors (Lipinski definition) is 11. The summed E-state index contributed by atoms with van der Waals surface area (Å²) in [5.74, 6) is 0. The van der Waals surface area contributed by atoms with E-state index in [1.807, 2.05) is 0 Å². The Bertz CT molecular complexity index is 463. The Kier molecular flexibility index (Phi) is 20.1. The van der Waals surface area contributed by atoms with Crippen LogP contribution < -0.4 is 0 Å². The molecular weight excluding hydrogens is 478 g/mol. The standard InChI is InChI=1S/C20H43NO14/c22-2-4-34-6-8-35-7-5-33-3-1-21(9-13(25)17(29)19(31)15(27)11-23)10-14(26)18(30)20(32)16(28)12-24/h13-20,22-32H,1-12H2/t13-,14-,15+,16+,17+,18+,19+,20+/m0/s1. The van der Waals surface area contributed by atoms with Gasteiger partial charge in [0.15, 0.2) is 0 Å². The highest BCUT2D eigenvalue weighted by atomic mass is 16.5. The predicted octanol–water partition coefficient (Wildman–Crippen LogP) is -6.80. The normalized spacial score (nSPS) is 19.2. The van der Waals surface area contributed by atoms with Gasteiger partial charge in [0.2, 0.25) is 0 Å². The molecule has 0 heterocycles. The van der Waals surface area contributed by atoms with Crippen LogP contribution in [0.15, 0.2) is 0 Å². The second-order valence-corrected chi connectivity index (χ2v) is 7.92. The lowest BCUT2D eigenvalue weighted by Gasteiger charge is -2.33. The van der Waals surface area contributed by atoms with Crippen LogP contribution in [0.2, 0.25) is 0 Å². The van der Waals surface area contributed by atoms with Gasteiger partial charge in [-0.2, -0.15) is 0 Å². The summed E-state index contributed by atoms with van der Waals surface area (Å²) < 4.78 is 15.7. The van der Waals surface area contributed by atoms with E-state index in [9.17, 15) is 40.9 Å². The van der Waals surface area contributed by atoms with E-state index >= 15 is 0 Å². The molecule has 11 N–H and O–H groups in total. The third-order valence-corrected chi connectivity index (χ3v) is 5.07. The molecule has 0 spiro atoms. The minimum atomic E-state index is -1.86. The number of aliphatic hydroxyl groups is 11. The average Bonchev–Trinajstić information content (AvgIpc) is 2.86. The summed E-state index contributed by atoms with van der Waals surface area (Å²) in [6.07, 6.45) is -14.1. The smallest absolute Gasteiger partial charge is 0.111 e. The van der Waals surface area contributed by atoms with E-state index in [4.69, 9.17) is 29.5 Å². The van der Waals surface area contributed by atoms with E-state index < -0.39 is 62.0 Å². The molecule has 0 aliphatic carbocycles. The van der Waals surface area contributed by atoms with Crippen molar-refractivity contribution in [3.8, 4) is 0 Å². The Hall–Kier alpha value is -0.600. The molecule has 0 bridgehead atoms. The number of nitrogens with zero attached hydrogens (tertiary/aromatic N) is 1. The molecule has 0 saturated carbocycles. The first-order chi connectivity index (χ1) is 16.6. The number of aliphatic hydroxyl groups excluding tert-OH is 11. The Balaban J connectivity index is 4.79. The van der Waals surface area contributed by atoms with Gasteiger partial charge in [-0.3, -0.25) is 4.90 Å². The molecule has 0 aromatic rings. The quantitative estimate of drug-likeness (QED) is 0.0559. The highest BCUT2D eigenvalue weighted by molar-refractivity contribution is 4.86. The Labute approximate surface area is 204 Å². The van der Waals surface area contributed by atoms with E-state index in [-0.39, 0.29) is 52.7 Å². The largest absolute Gasteiger partial charge is 0.394 e. The second kappa shape index (κ2) is 20.5. The molecule has 0 aliphatic heterocycles. The summed E-state index contributed by atoms with van der Waals surface area (Å²) in [7, 11) is 0. The highest BCUT2D eigenvalue weighted by Gasteiger charge is 2.34. The highest BCUT2D eigenvalue weighted by Crippen LogP contribution is 2.10. The topological polar surface area (TPSA) is 253 Å². The van der Waals surface area contributed by atoms with Crippen LogP contribution in [0.3, 0.4) is 0 Å².